The highest BCUT2D eigenvalue weighted by atomic mass is 35.5. The van der Waals surface area contributed by atoms with Crippen molar-refractivity contribution in [2.45, 2.75) is 12.8 Å². The van der Waals surface area contributed by atoms with Crippen molar-refractivity contribution in [1.82, 2.24) is 0 Å². The summed E-state index contributed by atoms with van der Waals surface area (Å²) in [4.78, 5) is 12.4. The molecule has 0 saturated carbocycles. The summed E-state index contributed by atoms with van der Waals surface area (Å²) in [5.41, 5.74) is 1.23. The molecule has 4 heteroatoms. The van der Waals surface area contributed by atoms with Crippen LogP contribution in [0.3, 0.4) is 0 Å². The molecular formula is C16H11ClFNO. The van der Waals surface area contributed by atoms with E-state index in [0.717, 1.165) is 11.6 Å². The zero-order valence-electron chi connectivity index (χ0n) is 10.7. The first-order valence-corrected chi connectivity index (χ1v) is 6.37. The fraction of sp³-hybridized carbons (Fsp3) is 0.125. The number of rotatable bonds is 3. The summed E-state index contributed by atoms with van der Waals surface area (Å²) < 4.78 is 13.8. The van der Waals surface area contributed by atoms with E-state index in [1.54, 1.807) is 18.2 Å². The van der Waals surface area contributed by atoms with Crippen LogP contribution in [-0.4, -0.2) is 5.78 Å². The number of Topliss-reactive ketones (excluding diaryl/α,β-unsaturated/α-hetero) is 1. The molecule has 0 bridgehead atoms. The second kappa shape index (κ2) is 5.85. The molecule has 0 amide bonds. The molecule has 2 rings (SSSR count). The Kier molecular flexibility index (Phi) is 4.16. The van der Waals surface area contributed by atoms with Crippen molar-refractivity contribution in [3.05, 3.63) is 70.0 Å². The Balaban J connectivity index is 2.48. The molecule has 0 aliphatic rings. The van der Waals surface area contributed by atoms with Crippen LogP contribution in [0.5, 0.6) is 0 Å². The quantitative estimate of drug-likeness (QED) is 0.791. The molecule has 0 aliphatic heterocycles. The van der Waals surface area contributed by atoms with Gasteiger partial charge < -0.3 is 0 Å². The highest BCUT2D eigenvalue weighted by Crippen LogP contribution is 2.27. The summed E-state index contributed by atoms with van der Waals surface area (Å²) in [5, 5.41) is 9.26. The molecule has 2 aromatic carbocycles. The second-order valence-corrected chi connectivity index (χ2v) is 4.84. The minimum atomic E-state index is -1.07. The molecule has 100 valence electrons. The van der Waals surface area contributed by atoms with Crippen molar-refractivity contribution >= 4 is 17.4 Å². The van der Waals surface area contributed by atoms with Gasteiger partial charge in [0.1, 0.15) is 11.7 Å². The number of carbonyl (C=O) groups is 1. The molecule has 0 heterocycles. The third-order valence-electron chi connectivity index (χ3n) is 2.98. The fourth-order valence-corrected chi connectivity index (χ4v) is 2.27. The van der Waals surface area contributed by atoms with Crippen molar-refractivity contribution < 1.29 is 9.18 Å². The molecule has 0 aliphatic carbocycles. The summed E-state index contributed by atoms with van der Waals surface area (Å²) in [6, 6.07) is 13.0. The lowest BCUT2D eigenvalue weighted by Gasteiger charge is -2.11. The van der Waals surface area contributed by atoms with Crippen LogP contribution in [-0.2, 0) is 0 Å². The predicted molar refractivity (Wildman–Crippen MR) is 75.3 cm³/mol. The minimum Gasteiger partial charge on any atom is -0.292 e. The first-order chi connectivity index (χ1) is 9.54. The Hall–Kier alpha value is -2.18. The van der Waals surface area contributed by atoms with Gasteiger partial charge >= 0.3 is 0 Å². The zero-order valence-corrected chi connectivity index (χ0v) is 11.5. The molecule has 2 aromatic rings. The Morgan fingerprint density at radius 2 is 2.00 bits per heavy atom. The number of hydrogen-bond donors (Lipinski definition) is 0. The van der Waals surface area contributed by atoms with Gasteiger partial charge in [-0.1, -0.05) is 47.5 Å². The normalized spacial score (nSPS) is 11.7. The van der Waals surface area contributed by atoms with Crippen LogP contribution < -0.4 is 0 Å². The first kappa shape index (κ1) is 14.2. The number of carbonyl (C=O) groups excluding carboxylic acids is 1. The minimum absolute atomic E-state index is 0.0166. The average molecular weight is 288 g/mol. The van der Waals surface area contributed by atoms with Gasteiger partial charge in [0.25, 0.3) is 0 Å². The smallest absolute Gasteiger partial charge is 0.188 e. The van der Waals surface area contributed by atoms with Crippen molar-refractivity contribution in [2.75, 3.05) is 0 Å². The number of nitrogens with zero attached hydrogens (tertiary/aromatic N) is 1. The maximum absolute atomic E-state index is 13.8. The molecule has 1 atom stereocenters. The molecular weight excluding hydrogens is 277 g/mol. The van der Waals surface area contributed by atoms with E-state index in [1.807, 2.05) is 19.1 Å². The summed E-state index contributed by atoms with van der Waals surface area (Å²) in [7, 11) is 0. The van der Waals surface area contributed by atoms with Crippen LogP contribution in [0, 0.1) is 24.1 Å². The summed E-state index contributed by atoms with van der Waals surface area (Å²) in [6.45, 7) is 1.86. The van der Waals surface area contributed by atoms with Crippen LogP contribution in [0.15, 0.2) is 42.5 Å². The first-order valence-electron chi connectivity index (χ1n) is 5.99. The Labute approximate surface area is 121 Å². The van der Waals surface area contributed by atoms with Gasteiger partial charge in [-0.3, -0.25) is 4.79 Å². The van der Waals surface area contributed by atoms with E-state index in [1.165, 1.54) is 12.1 Å². The van der Waals surface area contributed by atoms with Gasteiger partial charge in [0.2, 0.25) is 0 Å². The van der Waals surface area contributed by atoms with E-state index in [-0.39, 0.29) is 10.6 Å². The molecule has 1 unspecified atom stereocenters. The third kappa shape index (κ3) is 2.71. The fourth-order valence-electron chi connectivity index (χ4n) is 2.01. The molecule has 20 heavy (non-hydrogen) atoms. The van der Waals surface area contributed by atoms with Crippen molar-refractivity contribution in [3.63, 3.8) is 0 Å². The van der Waals surface area contributed by atoms with Gasteiger partial charge in [-0.25, -0.2) is 4.39 Å². The number of nitriles is 1. The van der Waals surface area contributed by atoms with Crippen molar-refractivity contribution in [3.8, 4) is 6.07 Å². The molecule has 2 nitrogen and oxygen atoms in total. The summed E-state index contributed by atoms with van der Waals surface area (Å²) in [6.07, 6.45) is 0. The van der Waals surface area contributed by atoms with Crippen LogP contribution in [0.2, 0.25) is 5.02 Å². The van der Waals surface area contributed by atoms with E-state index in [9.17, 15) is 14.4 Å². The number of aryl methyl sites for hydroxylation is 1. The van der Waals surface area contributed by atoms with E-state index < -0.39 is 17.5 Å². The third-order valence-corrected chi connectivity index (χ3v) is 3.29. The van der Waals surface area contributed by atoms with E-state index in [0.29, 0.717) is 5.56 Å². The Bertz CT molecular complexity index is 686. The van der Waals surface area contributed by atoms with Crippen LogP contribution in [0.4, 0.5) is 4.39 Å². The van der Waals surface area contributed by atoms with Crippen molar-refractivity contribution in [2.24, 2.45) is 0 Å². The lowest BCUT2D eigenvalue weighted by molar-refractivity contribution is 0.0975. The predicted octanol–water partition coefficient (Wildman–Crippen LogP) is 4.28. The lowest BCUT2D eigenvalue weighted by atomic mass is 9.91. The van der Waals surface area contributed by atoms with Crippen LogP contribution in [0.25, 0.3) is 0 Å². The number of halogens is 2. The SMILES string of the molecule is Cc1cccc(C(C#N)C(=O)c2c(F)cccc2Cl)c1. The topological polar surface area (TPSA) is 40.9 Å². The highest BCUT2D eigenvalue weighted by molar-refractivity contribution is 6.34. The summed E-state index contributed by atoms with van der Waals surface area (Å²) >= 11 is 5.87. The largest absolute Gasteiger partial charge is 0.292 e. The van der Waals surface area contributed by atoms with Gasteiger partial charge in [0.15, 0.2) is 5.78 Å². The second-order valence-electron chi connectivity index (χ2n) is 4.44. The van der Waals surface area contributed by atoms with Gasteiger partial charge in [-0.2, -0.15) is 5.26 Å². The number of hydrogen-bond acceptors (Lipinski definition) is 2. The Morgan fingerprint density at radius 1 is 1.30 bits per heavy atom. The molecule has 0 N–H and O–H groups in total. The summed E-state index contributed by atoms with van der Waals surface area (Å²) in [5.74, 6) is -2.40. The highest BCUT2D eigenvalue weighted by Gasteiger charge is 2.26. The monoisotopic (exact) mass is 287 g/mol. The number of benzene rings is 2. The molecule has 0 aromatic heterocycles. The van der Waals surface area contributed by atoms with Gasteiger partial charge in [0.05, 0.1) is 16.7 Å². The average Bonchev–Trinajstić information content (AvgIpc) is 2.39. The van der Waals surface area contributed by atoms with E-state index in [4.69, 9.17) is 11.6 Å². The lowest BCUT2D eigenvalue weighted by Crippen LogP contribution is -2.13. The Morgan fingerprint density at radius 3 is 2.60 bits per heavy atom. The molecule has 0 spiro atoms. The van der Waals surface area contributed by atoms with Crippen molar-refractivity contribution in [1.29, 1.82) is 5.26 Å². The zero-order chi connectivity index (χ0) is 14.7. The van der Waals surface area contributed by atoms with Gasteiger partial charge in [-0.15, -0.1) is 0 Å². The van der Waals surface area contributed by atoms with Crippen LogP contribution in [0.1, 0.15) is 27.4 Å². The number of ketones is 1. The van der Waals surface area contributed by atoms with E-state index in [2.05, 4.69) is 0 Å². The standard InChI is InChI=1S/C16H11ClFNO/c1-10-4-2-5-11(8-10)12(9-19)16(20)15-13(17)6-3-7-14(15)18/h2-8,12H,1H3. The van der Waals surface area contributed by atoms with E-state index >= 15 is 0 Å². The molecule has 0 saturated heterocycles. The van der Waals surface area contributed by atoms with Gasteiger partial charge in [-0.05, 0) is 24.6 Å². The maximum atomic E-state index is 13.8. The van der Waals surface area contributed by atoms with Gasteiger partial charge in [0, 0.05) is 0 Å². The molecule has 0 radical (unpaired) electrons. The van der Waals surface area contributed by atoms with Crippen LogP contribution >= 0.6 is 11.6 Å². The molecule has 0 fully saturated rings. The maximum Gasteiger partial charge on any atom is 0.188 e.